The van der Waals surface area contributed by atoms with Crippen LogP contribution in [0.4, 0.5) is 0 Å². The van der Waals surface area contributed by atoms with E-state index in [2.05, 4.69) is 16.3 Å². The van der Waals surface area contributed by atoms with Crippen molar-refractivity contribution in [2.45, 2.75) is 19.3 Å². The van der Waals surface area contributed by atoms with Crippen LogP contribution in [0.15, 0.2) is 18.2 Å². The number of thiocarbonyl (C=S) groups is 1. The SMILES string of the molecule is COc1ccc(CCNC(=S)N2CCCC2)cc1OC. The van der Waals surface area contributed by atoms with Crippen molar-refractivity contribution >= 4 is 17.3 Å². The lowest BCUT2D eigenvalue weighted by Gasteiger charge is -2.19. The van der Waals surface area contributed by atoms with Crippen LogP contribution in [0.5, 0.6) is 11.5 Å². The van der Waals surface area contributed by atoms with Gasteiger partial charge in [0.2, 0.25) is 0 Å². The van der Waals surface area contributed by atoms with Gasteiger partial charge < -0.3 is 19.7 Å². The molecule has 0 atom stereocenters. The number of hydrogen-bond donors (Lipinski definition) is 1. The molecule has 0 saturated carbocycles. The Bertz CT molecular complexity index is 459. The van der Waals surface area contributed by atoms with E-state index in [4.69, 9.17) is 21.7 Å². The van der Waals surface area contributed by atoms with Crippen LogP contribution >= 0.6 is 12.2 Å². The number of likely N-dealkylation sites (tertiary alicyclic amines) is 1. The highest BCUT2D eigenvalue weighted by atomic mass is 32.1. The summed E-state index contributed by atoms with van der Waals surface area (Å²) in [5.41, 5.74) is 1.21. The molecule has 0 aliphatic carbocycles. The molecule has 110 valence electrons. The van der Waals surface area contributed by atoms with Crippen LogP contribution in [-0.4, -0.2) is 43.9 Å². The smallest absolute Gasteiger partial charge is 0.168 e. The van der Waals surface area contributed by atoms with Gasteiger partial charge in [0.05, 0.1) is 14.2 Å². The molecule has 1 aromatic rings. The highest BCUT2D eigenvalue weighted by Crippen LogP contribution is 2.27. The Morgan fingerprint density at radius 1 is 1.20 bits per heavy atom. The fraction of sp³-hybridized carbons (Fsp3) is 0.533. The largest absolute Gasteiger partial charge is 0.493 e. The quantitative estimate of drug-likeness (QED) is 0.842. The van der Waals surface area contributed by atoms with E-state index in [-0.39, 0.29) is 0 Å². The first-order valence-electron chi connectivity index (χ1n) is 6.98. The number of rotatable bonds is 5. The fourth-order valence-corrected chi connectivity index (χ4v) is 2.67. The minimum absolute atomic E-state index is 0.761. The van der Waals surface area contributed by atoms with Gasteiger partial charge in [0.25, 0.3) is 0 Å². The number of hydrogen-bond acceptors (Lipinski definition) is 3. The zero-order valence-corrected chi connectivity index (χ0v) is 13.0. The van der Waals surface area contributed by atoms with Crippen molar-refractivity contribution in [3.63, 3.8) is 0 Å². The van der Waals surface area contributed by atoms with E-state index in [1.165, 1.54) is 18.4 Å². The summed E-state index contributed by atoms with van der Waals surface area (Å²) in [4.78, 5) is 2.24. The Labute approximate surface area is 126 Å². The fourth-order valence-electron chi connectivity index (χ4n) is 2.38. The number of methoxy groups -OCH3 is 2. The lowest BCUT2D eigenvalue weighted by Crippen LogP contribution is -2.38. The topological polar surface area (TPSA) is 33.7 Å². The van der Waals surface area contributed by atoms with Crippen LogP contribution in [0.25, 0.3) is 0 Å². The zero-order valence-electron chi connectivity index (χ0n) is 12.1. The summed E-state index contributed by atoms with van der Waals surface area (Å²) in [7, 11) is 3.30. The summed E-state index contributed by atoms with van der Waals surface area (Å²) in [6.45, 7) is 3.01. The molecule has 1 N–H and O–H groups in total. The molecule has 4 nitrogen and oxygen atoms in total. The predicted octanol–water partition coefficient (Wildman–Crippen LogP) is 2.22. The molecule has 1 fully saturated rings. The van der Waals surface area contributed by atoms with Crippen LogP contribution in [-0.2, 0) is 6.42 Å². The second-order valence-electron chi connectivity index (χ2n) is 4.87. The number of ether oxygens (including phenoxy) is 2. The van der Waals surface area contributed by atoms with E-state index < -0.39 is 0 Å². The maximum atomic E-state index is 5.39. The Kier molecular flexibility index (Phi) is 5.47. The van der Waals surface area contributed by atoms with Crippen molar-refractivity contribution in [3.8, 4) is 11.5 Å². The normalized spacial score (nSPS) is 14.2. The van der Waals surface area contributed by atoms with Crippen molar-refractivity contribution in [1.82, 2.24) is 10.2 Å². The van der Waals surface area contributed by atoms with Gasteiger partial charge in [-0.15, -0.1) is 0 Å². The van der Waals surface area contributed by atoms with Crippen LogP contribution in [0.3, 0.4) is 0 Å². The Morgan fingerprint density at radius 3 is 2.55 bits per heavy atom. The van der Waals surface area contributed by atoms with Crippen LogP contribution < -0.4 is 14.8 Å². The molecular weight excluding hydrogens is 272 g/mol. The highest BCUT2D eigenvalue weighted by molar-refractivity contribution is 7.80. The lowest BCUT2D eigenvalue weighted by molar-refractivity contribution is 0.354. The predicted molar refractivity (Wildman–Crippen MR) is 84.7 cm³/mol. The van der Waals surface area contributed by atoms with Gasteiger partial charge in [-0.1, -0.05) is 6.07 Å². The summed E-state index contributed by atoms with van der Waals surface area (Å²) in [5.74, 6) is 1.53. The van der Waals surface area contributed by atoms with Gasteiger partial charge in [-0.3, -0.25) is 0 Å². The zero-order chi connectivity index (χ0) is 14.4. The molecule has 2 rings (SSSR count). The molecule has 20 heavy (non-hydrogen) atoms. The minimum atomic E-state index is 0.761. The molecule has 5 heteroatoms. The Hall–Kier alpha value is -1.49. The van der Waals surface area contributed by atoms with E-state index >= 15 is 0 Å². The summed E-state index contributed by atoms with van der Waals surface area (Å²) in [6, 6.07) is 6.01. The standard InChI is InChI=1S/C15H22N2O2S/c1-18-13-6-5-12(11-14(13)19-2)7-8-16-15(20)17-9-3-4-10-17/h5-6,11H,3-4,7-10H2,1-2H3,(H,16,20). The number of nitrogens with one attached hydrogen (secondary N) is 1. The highest BCUT2D eigenvalue weighted by Gasteiger charge is 2.14. The first-order valence-corrected chi connectivity index (χ1v) is 7.39. The maximum absolute atomic E-state index is 5.39. The third kappa shape index (κ3) is 3.76. The van der Waals surface area contributed by atoms with E-state index in [1.54, 1.807) is 14.2 Å². The van der Waals surface area contributed by atoms with Gasteiger partial charge in [0, 0.05) is 19.6 Å². The van der Waals surface area contributed by atoms with Gasteiger partial charge in [0.1, 0.15) is 0 Å². The van der Waals surface area contributed by atoms with Crippen molar-refractivity contribution in [2.75, 3.05) is 33.9 Å². The van der Waals surface area contributed by atoms with Crippen molar-refractivity contribution < 1.29 is 9.47 Å². The van der Waals surface area contributed by atoms with Gasteiger partial charge in [0.15, 0.2) is 16.6 Å². The molecule has 1 saturated heterocycles. The van der Waals surface area contributed by atoms with Crippen molar-refractivity contribution in [2.24, 2.45) is 0 Å². The Morgan fingerprint density at radius 2 is 1.90 bits per heavy atom. The van der Waals surface area contributed by atoms with Crippen LogP contribution in [0.2, 0.25) is 0 Å². The number of benzene rings is 1. The van der Waals surface area contributed by atoms with E-state index in [0.717, 1.165) is 42.7 Å². The van der Waals surface area contributed by atoms with Gasteiger partial charge in [-0.25, -0.2) is 0 Å². The second-order valence-corrected chi connectivity index (χ2v) is 5.25. The third-order valence-electron chi connectivity index (χ3n) is 3.53. The molecular formula is C15H22N2O2S. The van der Waals surface area contributed by atoms with Gasteiger partial charge in [-0.05, 0) is 49.2 Å². The molecule has 0 bridgehead atoms. The Balaban J connectivity index is 1.83. The van der Waals surface area contributed by atoms with E-state index in [0.29, 0.717) is 0 Å². The number of nitrogens with zero attached hydrogens (tertiary/aromatic N) is 1. The molecule has 1 aromatic carbocycles. The lowest BCUT2D eigenvalue weighted by atomic mass is 10.1. The van der Waals surface area contributed by atoms with Gasteiger partial charge >= 0.3 is 0 Å². The second kappa shape index (κ2) is 7.33. The van der Waals surface area contributed by atoms with Crippen LogP contribution in [0, 0.1) is 0 Å². The van der Waals surface area contributed by atoms with Crippen LogP contribution in [0.1, 0.15) is 18.4 Å². The van der Waals surface area contributed by atoms with Crippen molar-refractivity contribution in [1.29, 1.82) is 0 Å². The average molecular weight is 294 g/mol. The first kappa shape index (κ1) is 14.9. The maximum Gasteiger partial charge on any atom is 0.168 e. The van der Waals surface area contributed by atoms with Gasteiger partial charge in [-0.2, -0.15) is 0 Å². The first-order chi connectivity index (χ1) is 9.74. The monoisotopic (exact) mass is 294 g/mol. The molecule has 0 unspecified atom stereocenters. The summed E-state index contributed by atoms with van der Waals surface area (Å²) in [5, 5.41) is 4.20. The van der Waals surface area contributed by atoms with E-state index in [1.807, 2.05) is 12.1 Å². The summed E-state index contributed by atoms with van der Waals surface area (Å²) >= 11 is 5.39. The van der Waals surface area contributed by atoms with E-state index in [9.17, 15) is 0 Å². The average Bonchev–Trinajstić information content (AvgIpc) is 3.01. The molecule has 1 aliphatic rings. The molecule has 0 radical (unpaired) electrons. The summed E-state index contributed by atoms with van der Waals surface area (Å²) in [6.07, 6.45) is 3.41. The summed E-state index contributed by atoms with van der Waals surface area (Å²) < 4.78 is 10.5. The molecule has 0 spiro atoms. The molecule has 0 aromatic heterocycles. The molecule has 1 heterocycles. The molecule has 1 aliphatic heterocycles. The van der Waals surface area contributed by atoms with Crippen molar-refractivity contribution in [3.05, 3.63) is 23.8 Å². The minimum Gasteiger partial charge on any atom is -0.493 e. The third-order valence-corrected chi connectivity index (χ3v) is 3.93. The molecule has 0 amide bonds.